The zero-order valence-electron chi connectivity index (χ0n) is 13.4. The van der Waals surface area contributed by atoms with Crippen LogP contribution in [-0.4, -0.2) is 18.4 Å². The lowest BCUT2D eigenvalue weighted by molar-refractivity contribution is -0.385. The lowest BCUT2D eigenvalue weighted by Crippen LogP contribution is -2.15. The molecule has 26 heavy (non-hydrogen) atoms. The largest absolute Gasteiger partial charge is 0.506 e. The van der Waals surface area contributed by atoms with E-state index in [1.807, 2.05) is 0 Å². The van der Waals surface area contributed by atoms with Gasteiger partial charge in [-0.25, -0.2) is 8.42 Å². The summed E-state index contributed by atoms with van der Waals surface area (Å²) in [5.41, 5.74) is 0.191. The molecule has 0 unspecified atom stereocenters. The van der Waals surface area contributed by atoms with Gasteiger partial charge in [0, 0.05) is 22.9 Å². The zero-order valence-corrected chi connectivity index (χ0v) is 15.0. The first-order valence-electron chi connectivity index (χ1n) is 7.39. The number of hydrogen-bond acceptors (Lipinski definition) is 5. The summed E-state index contributed by atoms with van der Waals surface area (Å²) in [6.45, 7) is 1.54. The van der Waals surface area contributed by atoms with E-state index >= 15 is 0 Å². The molecule has 0 saturated carbocycles. The lowest BCUT2D eigenvalue weighted by atomic mass is 10.1. The average Bonchev–Trinajstić information content (AvgIpc) is 2.59. The molecule has 2 N–H and O–H groups in total. The quantitative estimate of drug-likeness (QED) is 0.392. The lowest BCUT2D eigenvalue weighted by Gasteiger charge is -2.14. The Balaban J connectivity index is 2.15. The van der Waals surface area contributed by atoms with Crippen molar-refractivity contribution < 1.29 is 18.4 Å². The molecule has 9 heteroatoms. The smallest absolute Gasteiger partial charge is 0.270 e. The van der Waals surface area contributed by atoms with E-state index in [2.05, 4.69) is 4.72 Å². The Kier molecular flexibility index (Phi) is 4.47. The van der Waals surface area contributed by atoms with E-state index in [0.29, 0.717) is 16.3 Å². The molecule has 134 valence electrons. The van der Waals surface area contributed by atoms with E-state index < -0.39 is 14.9 Å². The van der Waals surface area contributed by atoms with Gasteiger partial charge in [-0.3, -0.25) is 14.8 Å². The number of fused-ring (bicyclic) bond motifs is 1. The fourth-order valence-corrected chi connectivity index (χ4v) is 4.15. The van der Waals surface area contributed by atoms with E-state index in [-0.39, 0.29) is 27.0 Å². The highest BCUT2D eigenvalue weighted by molar-refractivity contribution is 7.92. The molecule has 0 aliphatic carbocycles. The van der Waals surface area contributed by atoms with Gasteiger partial charge in [-0.1, -0.05) is 41.9 Å². The van der Waals surface area contributed by atoms with Crippen LogP contribution in [0.1, 0.15) is 5.56 Å². The van der Waals surface area contributed by atoms with E-state index in [1.54, 1.807) is 31.2 Å². The molecule has 0 aliphatic rings. The third-order valence-corrected chi connectivity index (χ3v) is 5.68. The first kappa shape index (κ1) is 18.0. The summed E-state index contributed by atoms with van der Waals surface area (Å²) in [5, 5.41) is 21.8. The molecule has 0 amide bonds. The topological polar surface area (TPSA) is 110 Å². The second kappa shape index (κ2) is 6.47. The number of phenolic OH excluding ortho intramolecular Hbond substituents is 1. The predicted molar refractivity (Wildman–Crippen MR) is 99.3 cm³/mol. The Morgan fingerprint density at radius 1 is 1.12 bits per heavy atom. The number of non-ortho nitro benzene ring substituents is 1. The number of nitrogens with one attached hydrogen (secondary N) is 1. The van der Waals surface area contributed by atoms with E-state index in [9.17, 15) is 23.6 Å². The molecule has 0 aromatic heterocycles. The number of nitrogens with zero attached hydrogens (tertiary/aromatic N) is 1. The molecule has 0 spiro atoms. The van der Waals surface area contributed by atoms with E-state index in [1.165, 1.54) is 18.2 Å². The average molecular weight is 393 g/mol. The summed E-state index contributed by atoms with van der Waals surface area (Å²) in [6, 6.07) is 11.5. The molecule has 3 rings (SSSR count). The maximum absolute atomic E-state index is 12.8. The number of nitro benzene ring substituents is 1. The number of aromatic hydroxyl groups is 1. The van der Waals surface area contributed by atoms with Gasteiger partial charge in [-0.15, -0.1) is 0 Å². The third kappa shape index (κ3) is 3.16. The van der Waals surface area contributed by atoms with Crippen LogP contribution < -0.4 is 4.72 Å². The van der Waals surface area contributed by atoms with E-state index in [4.69, 9.17) is 11.6 Å². The van der Waals surface area contributed by atoms with Gasteiger partial charge in [-0.05, 0) is 18.6 Å². The molecule has 0 heterocycles. The summed E-state index contributed by atoms with van der Waals surface area (Å²) < 4.78 is 28.0. The monoisotopic (exact) mass is 392 g/mol. The van der Waals surface area contributed by atoms with Crippen molar-refractivity contribution in [2.24, 2.45) is 0 Å². The van der Waals surface area contributed by atoms with Crippen molar-refractivity contribution in [2.75, 3.05) is 4.72 Å². The van der Waals surface area contributed by atoms with Gasteiger partial charge in [-0.2, -0.15) is 0 Å². The maximum Gasteiger partial charge on any atom is 0.270 e. The van der Waals surface area contributed by atoms with Crippen molar-refractivity contribution in [2.45, 2.75) is 11.8 Å². The second-order valence-electron chi connectivity index (χ2n) is 5.61. The molecule has 0 atom stereocenters. The third-order valence-electron chi connectivity index (χ3n) is 3.89. The van der Waals surface area contributed by atoms with Crippen LogP contribution in [0.25, 0.3) is 10.8 Å². The molecule has 3 aromatic rings. The molecule has 3 aromatic carbocycles. The van der Waals surface area contributed by atoms with Gasteiger partial charge >= 0.3 is 0 Å². The number of hydrogen-bond donors (Lipinski definition) is 2. The zero-order chi connectivity index (χ0) is 19.1. The summed E-state index contributed by atoms with van der Waals surface area (Å²) >= 11 is 5.99. The highest BCUT2D eigenvalue weighted by Crippen LogP contribution is 2.38. The molecule has 0 radical (unpaired) electrons. The summed E-state index contributed by atoms with van der Waals surface area (Å²) in [5.74, 6) is -0.156. The number of halogens is 1. The summed E-state index contributed by atoms with van der Waals surface area (Å²) in [7, 11) is -4.12. The maximum atomic E-state index is 12.8. The number of rotatable bonds is 4. The highest BCUT2D eigenvalue weighted by atomic mass is 35.5. The van der Waals surface area contributed by atoms with Crippen LogP contribution in [0.3, 0.4) is 0 Å². The number of anilines is 1. The van der Waals surface area contributed by atoms with Crippen molar-refractivity contribution in [3.8, 4) is 5.75 Å². The van der Waals surface area contributed by atoms with Crippen LogP contribution in [0.5, 0.6) is 5.75 Å². The minimum Gasteiger partial charge on any atom is -0.506 e. The fraction of sp³-hybridized carbons (Fsp3) is 0.0588. The van der Waals surface area contributed by atoms with Gasteiger partial charge in [0.2, 0.25) is 0 Å². The fourth-order valence-electron chi connectivity index (χ4n) is 2.60. The molecule has 0 saturated heterocycles. The van der Waals surface area contributed by atoms with E-state index in [0.717, 1.165) is 6.07 Å². The normalized spacial score (nSPS) is 11.5. The first-order chi connectivity index (χ1) is 12.2. The summed E-state index contributed by atoms with van der Waals surface area (Å²) in [6.07, 6.45) is 0. The SMILES string of the molecule is Cc1ccc([N+](=O)[O-])cc1S(=O)(=O)Nc1cc(Cl)c(O)c2ccccc12. The standard InChI is InChI=1S/C17H13ClN2O5S/c1-10-6-7-11(20(22)23)8-16(10)26(24,25)19-15-9-14(18)17(21)13-5-3-2-4-12(13)15/h2-9,19,21H,1H3. The molecule has 0 bridgehead atoms. The number of benzene rings is 3. The molecule has 7 nitrogen and oxygen atoms in total. The minimum atomic E-state index is -4.12. The van der Waals surface area contributed by atoms with Crippen molar-refractivity contribution >= 4 is 43.8 Å². The van der Waals surface area contributed by atoms with Crippen LogP contribution in [-0.2, 0) is 10.0 Å². The Hall–Kier alpha value is -2.84. The number of sulfonamides is 1. The highest BCUT2D eigenvalue weighted by Gasteiger charge is 2.22. The Morgan fingerprint density at radius 2 is 1.77 bits per heavy atom. The van der Waals surface area contributed by atoms with Crippen LogP contribution >= 0.6 is 11.6 Å². The number of phenols is 1. The van der Waals surface area contributed by atoms with Crippen LogP contribution in [0.15, 0.2) is 53.4 Å². The van der Waals surface area contributed by atoms with Crippen molar-refractivity contribution in [3.05, 3.63) is 69.2 Å². The van der Waals surface area contributed by atoms with Gasteiger partial charge in [0.05, 0.1) is 20.5 Å². The van der Waals surface area contributed by atoms with Gasteiger partial charge in [0.1, 0.15) is 5.75 Å². The van der Waals surface area contributed by atoms with Crippen molar-refractivity contribution in [1.82, 2.24) is 0 Å². The Labute approximate surface area is 154 Å². The van der Waals surface area contributed by atoms with Crippen LogP contribution in [0.2, 0.25) is 5.02 Å². The molecule has 0 fully saturated rings. The van der Waals surface area contributed by atoms with Gasteiger partial charge in [0.15, 0.2) is 0 Å². The van der Waals surface area contributed by atoms with Crippen molar-refractivity contribution in [3.63, 3.8) is 0 Å². The van der Waals surface area contributed by atoms with Crippen LogP contribution in [0, 0.1) is 17.0 Å². The minimum absolute atomic E-state index is 0.0165. The summed E-state index contributed by atoms with van der Waals surface area (Å²) in [4.78, 5) is 10.1. The number of nitro groups is 1. The van der Waals surface area contributed by atoms with Gasteiger partial charge < -0.3 is 5.11 Å². The Morgan fingerprint density at radius 3 is 2.42 bits per heavy atom. The first-order valence-corrected chi connectivity index (χ1v) is 9.25. The second-order valence-corrected chi connectivity index (χ2v) is 7.67. The molecular formula is C17H13ClN2O5S. The molecular weight excluding hydrogens is 380 g/mol. The molecule has 0 aliphatic heterocycles. The van der Waals surface area contributed by atoms with Gasteiger partial charge in [0.25, 0.3) is 15.7 Å². The van der Waals surface area contributed by atoms with Crippen molar-refractivity contribution in [1.29, 1.82) is 0 Å². The predicted octanol–water partition coefficient (Wildman–Crippen LogP) is 4.22. The van der Waals surface area contributed by atoms with Crippen LogP contribution in [0.4, 0.5) is 11.4 Å². The Bertz CT molecular complexity index is 1150. The number of aryl methyl sites for hydroxylation is 1.